The van der Waals surface area contributed by atoms with E-state index in [1.807, 2.05) is 0 Å². The van der Waals surface area contributed by atoms with Crippen LogP contribution in [0.4, 0.5) is 5.13 Å². The summed E-state index contributed by atoms with van der Waals surface area (Å²) in [4.78, 5) is 4.18. The Morgan fingerprint density at radius 1 is 1.71 bits per heavy atom. The monoisotopic (exact) mass is 271 g/mol. The number of anilines is 1. The van der Waals surface area contributed by atoms with Crippen LogP contribution in [0.3, 0.4) is 0 Å². The molecule has 0 spiro atoms. The van der Waals surface area contributed by atoms with Crippen LogP contribution < -0.4 is 5.32 Å². The van der Waals surface area contributed by atoms with Crippen LogP contribution in [-0.4, -0.2) is 11.5 Å². The Balaban J connectivity index is 1.86. The summed E-state index contributed by atoms with van der Waals surface area (Å²) in [6, 6.07) is 2.25. The van der Waals surface area contributed by atoms with Gasteiger partial charge in [0.15, 0.2) is 5.13 Å². The normalized spacial score (nSPS) is 17.4. The second kappa shape index (κ2) is 3.87. The second-order valence-corrected chi connectivity index (χ2v) is 6.07. The van der Waals surface area contributed by atoms with Gasteiger partial charge < -0.3 is 5.32 Å². The molecule has 0 amide bonds. The van der Waals surface area contributed by atoms with Crippen LogP contribution in [-0.2, 0) is 0 Å². The molecule has 1 aliphatic carbocycles. The second-order valence-electron chi connectivity index (χ2n) is 3.66. The fourth-order valence-electron chi connectivity index (χ4n) is 1.36. The maximum Gasteiger partial charge on any atom is 0.183 e. The predicted molar refractivity (Wildman–Crippen MR) is 60.2 cm³/mol. The quantitative estimate of drug-likeness (QED) is 0.916. The number of nitrogens with zero attached hydrogens (tertiary/aromatic N) is 2. The molecule has 14 heavy (non-hydrogen) atoms. The zero-order valence-electron chi connectivity index (χ0n) is 7.59. The molecule has 2 rings (SSSR count). The van der Waals surface area contributed by atoms with E-state index in [4.69, 9.17) is 5.26 Å². The molecule has 1 fully saturated rings. The minimum absolute atomic E-state index is 0.243. The molecule has 0 unspecified atom stereocenters. The van der Waals surface area contributed by atoms with E-state index in [2.05, 4.69) is 32.3 Å². The average Bonchev–Trinajstić information content (AvgIpc) is 2.80. The molecule has 1 aromatic heterocycles. The number of nitriles is 1. The Bertz CT molecular complexity index is 364. The third-order valence-electron chi connectivity index (χ3n) is 2.50. The summed E-state index contributed by atoms with van der Waals surface area (Å²) in [6.45, 7) is 0.876. The van der Waals surface area contributed by atoms with Crippen molar-refractivity contribution >= 4 is 32.4 Å². The minimum Gasteiger partial charge on any atom is -0.361 e. The zero-order chi connectivity index (χ0) is 10.0. The maximum absolute atomic E-state index is 8.64. The van der Waals surface area contributed by atoms with Gasteiger partial charge in [-0.1, -0.05) is 11.3 Å². The lowest BCUT2D eigenvalue weighted by atomic mass is 10.0. The van der Waals surface area contributed by atoms with Crippen LogP contribution in [0.2, 0.25) is 0 Å². The summed E-state index contributed by atoms with van der Waals surface area (Å²) in [6.07, 6.45) is 4.78. The Morgan fingerprint density at radius 2 is 2.50 bits per heavy atom. The molecule has 1 aromatic rings. The SMILES string of the molecule is N#CCC1(CNc2ncc(Br)s2)CC1. The number of hydrogen-bond donors (Lipinski definition) is 1. The Kier molecular flexibility index (Phi) is 2.75. The topological polar surface area (TPSA) is 48.7 Å². The van der Waals surface area contributed by atoms with Gasteiger partial charge in [0.05, 0.1) is 16.1 Å². The van der Waals surface area contributed by atoms with Gasteiger partial charge in [-0.3, -0.25) is 0 Å². The molecule has 0 aromatic carbocycles. The van der Waals surface area contributed by atoms with Crippen molar-refractivity contribution in [2.75, 3.05) is 11.9 Å². The van der Waals surface area contributed by atoms with E-state index in [0.29, 0.717) is 6.42 Å². The average molecular weight is 272 g/mol. The summed E-state index contributed by atoms with van der Waals surface area (Å²) in [5, 5.41) is 12.9. The van der Waals surface area contributed by atoms with Gasteiger partial charge >= 0.3 is 0 Å². The van der Waals surface area contributed by atoms with Crippen molar-refractivity contribution in [2.24, 2.45) is 5.41 Å². The standard InChI is InChI=1S/C9H10BrN3S/c10-7-5-12-8(14-7)13-6-9(1-2-9)3-4-11/h5H,1-3,6H2,(H,12,13). The number of nitrogens with one attached hydrogen (secondary N) is 1. The Hall–Kier alpha value is -0.600. The van der Waals surface area contributed by atoms with Crippen LogP contribution in [0.5, 0.6) is 0 Å². The first kappa shape index (κ1) is 9.94. The molecule has 0 bridgehead atoms. The highest BCUT2D eigenvalue weighted by atomic mass is 79.9. The lowest BCUT2D eigenvalue weighted by molar-refractivity contribution is 0.557. The summed E-state index contributed by atoms with van der Waals surface area (Å²) in [7, 11) is 0. The largest absolute Gasteiger partial charge is 0.361 e. The lowest BCUT2D eigenvalue weighted by Gasteiger charge is -2.10. The first-order chi connectivity index (χ1) is 6.74. The molecule has 1 heterocycles. The first-order valence-electron chi connectivity index (χ1n) is 4.46. The van der Waals surface area contributed by atoms with E-state index < -0.39 is 0 Å². The van der Waals surface area contributed by atoms with E-state index in [9.17, 15) is 0 Å². The van der Waals surface area contributed by atoms with Crippen molar-refractivity contribution in [2.45, 2.75) is 19.3 Å². The molecule has 0 radical (unpaired) electrons. The third-order valence-corrected chi connectivity index (χ3v) is 3.94. The van der Waals surface area contributed by atoms with Crippen LogP contribution in [0.25, 0.3) is 0 Å². The molecule has 0 saturated heterocycles. The smallest absolute Gasteiger partial charge is 0.183 e. The number of hydrogen-bond acceptors (Lipinski definition) is 4. The molecular weight excluding hydrogens is 262 g/mol. The number of halogens is 1. The number of thiazole rings is 1. The molecule has 3 nitrogen and oxygen atoms in total. The molecular formula is C9H10BrN3S. The molecule has 5 heteroatoms. The molecule has 0 aliphatic heterocycles. The molecule has 0 atom stereocenters. The van der Waals surface area contributed by atoms with Gasteiger partial charge in [0.2, 0.25) is 0 Å². The van der Waals surface area contributed by atoms with Crippen molar-refractivity contribution in [1.82, 2.24) is 4.98 Å². The van der Waals surface area contributed by atoms with Gasteiger partial charge in [-0.25, -0.2) is 4.98 Å². The molecule has 1 N–H and O–H groups in total. The summed E-state index contributed by atoms with van der Waals surface area (Å²) >= 11 is 4.95. The highest BCUT2D eigenvalue weighted by Crippen LogP contribution is 2.48. The van der Waals surface area contributed by atoms with Crippen molar-refractivity contribution in [1.29, 1.82) is 5.26 Å². The maximum atomic E-state index is 8.64. The number of aromatic nitrogens is 1. The van der Waals surface area contributed by atoms with Gasteiger partial charge in [0.1, 0.15) is 0 Å². The molecule has 74 valence electrons. The summed E-state index contributed by atoms with van der Waals surface area (Å²) < 4.78 is 1.03. The zero-order valence-corrected chi connectivity index (χ0v) is 9.99. The van der Waals surface area contributed by atoms with E-state index >= 15 is 0 Å². The highest BCUT2D eigenvalue weighted by molar-refractivity contribution is 9.11. The van der Waals surface area contributed by atoms with Crippen molar-refractivity contribution in [3.63, 3.8) is 0 Å². The Morgan fingerprint density at radius 3 is 3.00 bits per heavy atom. The molecule has 1 saturated carbocycles. The van der Waals surface area contributed by atoms with Gasteiger partial charge in [-0.2, -0.15) is 5.26 Å². The van der Waals surface area contributed by atoms with Crippen LogP contribution >= 0.6 is 27.3 Å². The Labute approximate surface area is 95.3 Å². The van der Waals surface area contributed by atoms with Gasteiger partial charge in [0.25, 0.3) is 0 Å². The van der Waals surface area contributed by atoms with E-state index in [0.717, 1.165) is 15.5 Å². The van der Waals surface area contributed by atoms with Crippen molar-refractivity contribution < 1.29 is 0 Å². The van der Waals surface area contributed by atoms with Gasteiger partial charge in [-0.05, 0) is 28.8 Å². The van der Waals surface area contributed by atoms with Gasteiger partial charge in [0, 0.05) is 18.4 Å². The first-order valence-corrected chi connectivity index (χ1v) is 6.07. The fourth-order valence-corrected chi connectivity index (χ4v) is 2.46. The van der Waals surface area contributed by atoms with Gasteiger partial charge in [-0.15, -0.1) is 0 Å². The number of rotatable bonds is 4. The predicted octanol–water partition coefficient (Wildman–Crippen LogP) is 3.01. The van der Waals surface area contributed by atoms with Crippen LogP contribution in [0.1, 0.15) is 19.3 Å². The summed E-state index contributed by atoms with van der Waals surface area (Å²) in [5.74, 6) is 0. The van der Waals surface area contributed by atoms with Crippen LogP contribution in [0, 0.1) is 16.7 Å². The summed E-state index contributed by atoms with van der Waals surface area (Å²) in [5.41, 5.74) is 0.243. The van der Waals surface area contributed by atoms with E-state index in [1.165, 1.54) is 12.8 Å². The minimum atomic E-state index is 0.243. The highest BCUT2D eigenvalue weighted by Gasteiger charge is 2.42. The van der Waals surface area contributed by atoms with Crippen LogP contribution in [0.15, 0.2) is 9.98 Å². The lowest BCUT2D eigenvalue weighted by Crippen LogP contribution is -2.14. The van der Waals surface area contributed by atoms with E-state index in [1.54, 1.807) is 17.5 Å². The fraction of sp³-hybridized carbons (Fsp3) is 0.556. The van der Waals surface area contributed by atoms with Crippen molar-refractivity contribution in [3.8, 4) is 6.07 Å². The molecule has 1 aliphatic rings. The van der Waals surface area contributed by atoms with Crippen molar-refractivity contribution in [3.05, 3.63) is 9.98 Å². The third kappa shape index (κ3) is 2.25. The van der Waals surface area contributed by atoms with E-state index in [-0.39, 0.29) is 5.41 Å².